The van der Waals surface area contributed by atoms with Gasteiger partial charge in [-0.2, -0.15) is 0 Å². The Morgan fingerprint density at radius 2 is 1.58 bits per heavy atom. The average Bonchev–Trinajstić information content (AvgIpc) is 2.83. The summed E-state index contributed by atoms with van der Waals surface area (Å²) in [4.78, 5) is 7.13. The minimum atomic E-state index is 0.437. The van der Waals surface area contributed by atoms with Crippen LogP contribution in [-0.4, -0.2) is 12.8 Å². The van der Waals surface area contributed by atoms with Gasteiger partial charge >= 0.3 is 0 Å². The van der Waals surface area contributed by atoms with Gasteiger partial charge in [0.05, 0.1) is 11.4 Å². The molecular formula is C30H45N3. The standard InChI is InChI=1S/C30H45N3/c1-8-11-12-13-14-15-22(4)23(5)24(6)32-30-21-27(16-17-29(30)31)33(7)28-19-25(9-2)18-26(10-3)20-28/h16-22H,5,8-15,31H2,1-4,6-7H3. The van der Waals surface area contributed by atoms with Crippen LogP contribution in [-0.2, 0) is 12.8 Å². The SMILES string of the molecule is C=C(C(C)=Nc1cc(N(C)c2cc(CC)cc(CC)c2)ccc1N)C(C)CCCCCCC. The van der Waals surface area contributed by atoms with E-state index in [0.717, 1.165) is 35.5 Å². The third-order valence-corrected chi connectivity index (χ3v) is 6.73. The van der Waals surface area contributed by atoms with Crippen LogP contribution in [0.2, 0.25) is 0 Å². The smallest absolute Gasteiger partial charge is 0.0882 e. The second-order valence-corrected chi connectivity index (χ2v) is 9.34. The Hall–Kier alpha value is -2.55. The number of nitrogens with zero attached hydrogens (tertiary/aromatic N) is 2. The van der Waals surface area contributed by atoms with Crippen LogP contribution in [0.15, 0.2) is 53.5 Å². The van der Waals surface area contributed by atoms with E-state index in [1.165, 1.54) is 55.3 Å². The fourth-order valence-electron chi connectivity index (χ4n) is 4.17. The summed E-state index contributed by atoms with van der Waals surface area (Å²) in [5.74, 6) is 0.437. The Labute approximate surface area is 202 Å². The number of nitrogens with two attached hydrogens (primary N) is 1. The number of aryl methyl sites for hydroxylation is 2. The number of rotatable bonds is 13. The predicted molar refractivity (Wildman–Crippen MR) is 149 cm³/mol. The zero-order valence-electron chi connectivity index (χ0n) is 21.9. The van der Waals surface area contributed by atoms with E-state index >= 15 is 0 Å². The molecule has 33 heavy (non-hydrogen) atoms. The van der Waals surface area contributed by atoms with Gasteiger partial charge in [-0.15, -0.1) is 0 Å². The highest BCUT2D eigenvalue weighted by molar-refractivity contribution is 6.00. The zero-order chi connectivity index (χ0) is 24.4. The molecule has 0 aliphatic heterocycles. The number of hydrogen-bond acceptors (Lipinski definition) is 3. The molecule has 2 aromatic rings. The summed E-state index contributed by atoms with van der Waals surface area (Å²) in [6.45, 7) is 15.3. The monoisotopic (exact) mass is 447 g/mol. The van der Waals surface area contributed by atoms with Gasteiger partial charge in [0, 0.05) is 24.1 Å². The average molecular weight is 448 g/mol. The van der Waals surface area contributed by atoms with Crippen LogP contribution in [0.3, 0.4) is 0 Å². The summed E-state index contributed by atoms with van der Waals surface area (Å²) in [6, 6.07) is 13.0. The molecule has 0 aromatic heterocycles. The molecule has 0 heterocycles. The van der Waals surface area contributed by atoms with Crippen molar-refractivity contribution in [1.82, 2.24) is 0 Å². The predicted octanol–water partition coefficient (Wildman–Crippen LogP) is 8.81. The number of nitrogen functional groups attached to an aromatic ring is 1. The molecule has 0 bridgehead atoms. The first kappa shape index (κ1) is 26.7. The van der Waals surface area contributed by atoms with E-state index in [1.807, 2.05) is 6.07 Å². The number of anilines is 3. The molecule has 180 valence electrons. The fraction of sp³-hybridized carbons (Fsp3) is 0.500. The third kappa shape index (κ3) is 7.77. The van der Waals surface area contributed by atoms with E-state index in [2.05, 4.69) is 83.5 Å². The lowest BCUT2D eigenvalue weighted by Gasteiger charge is -2.22. The molecular weight excluding hydrogens is 402 g/mol. The van der Waals surface area contributed by atoms with E-state index in [0.29, 0.717) is 11.6 Å². The van der Waals surface area contributed by atoms with Gasteiger partial charge in [0.2, 0.25) is 0 Å². The molecule has 2 N–H and O–H groups in total. The van der Waals surface area contributed by atoms with Crippen molar-refractivity contribution in [3.63, 3.8) is 0 Å². The second-order valence-electron chi connectivity index (χ2n) is 9.34. The summed E-state index contributed by atoms with van der Waals surface area (Å²) < 4.78 is 0. The molecule has 1 atom stereocenters. The van der Waals surface area contributed by atoms with Crippen LogP contribution in [0.4, 0.5) is 22.7 Å². The molecule has 0 saturated carbocycles. The summed E-state index contributed by atoms with van der Waals surface area (Å²) in [5, 5.41) is 0. The number of benzene rings is 2. The van der Waals surface area contributed by atoms with Gasteiger partial charge in [-0.3, -0.25) is 4.99 Å². The minimum absolute atomic E-state index is 0.437. The molecule has 0 fully saturated rings. The summed E-state index contributed by atoms with van der Waals surface area (Å²) in [7, 11) is 2.11. The molecule has 2 aromatic carbocycles. The lowest BCUT2D eigenvalue weighted by atomic mass is 9.93. The highest BCUT2D eigenvalue weighted by Crippen LogP contribution is 2.33. The third-order valence-electron chi connectivity index (χ3n) is 6.73. The Kier molecular flexibility index (Phi) is 10.7. The van der Waals surface area contributed by atoms with E-state index in [1.54, 1.807) is 0 Å². The highest BCUT2D eigenvalue weighted by atomic mass is 15.1. The molecule has 0 spiro atoms. The summed E-state index contributed by atoms with van der Waals surface area (Å²) in [5.41, 5.74) is 14.9. The van der Waals surface area contributed by atoms with Crippen molar-refractivity contribution in [1.29, 1.82) is 0 Å². The van der Waals surface area contributed by atoms with Gasteiger partial charge in [0.25, 0.3) is 0 Å². The number of unbranched alkanes of at least 4 members (excludes halogenated alkanes) is 4. The largest absolute Gasteiger partial charge is 0.397 e. The Morgan fingerprint density at radius 1 is 0.939 bits per heavy atom. The van der Waals surface area contributed by atoms with Crippen LogP contribution in [0, 0.1) is 5.92 Å². The van der Waals surface area contributed by atoms with Gasteiger partial charge in [-0.05, 0) is 79.1 Å². The Balaban J connectivity index is 2.19. The molecule has 0 aliphatic rings. The van der Waals surface area contributed by atoms with Crippen LogP contribution in [0.1, 0.15) is 84.3 Å². The van der Waals surface area contributed by atoms with Crippen LogP contribution in [0.25, 0.3) is 0 Å². The molecule has 0 saturated heterocycles. The first-order valence-corrected chi connectivity index (χ1v) is 12.8. The maximum Gasteiger partial charge on any atom is 0.0882 e. The first-order valence-electron chi connectivity index (χ1n) is 12.8. The Morgan fingerprint density at radius 3 is 2.18 bits per heavy atom. The Bertz CT molecular complexity index is 919. The zero-order valence-corrected chi connectivity index (χ0v) is 21.9. The quantitative estimate of drug-likeness (QED) is 0.189. The van der Waals surface area contributed by atoms with E-state index in [9.17, 15) is 0 Å². The van der Waals surface area contributed by atoms with Gasteiger partial charge in [-0.1, -0.05) is 72.4 Å². The van der Waals surface area contributed by atoms with Gasteiger partial charge in [0.1, 0.15) is 0 Å². The highest BCUT2D eigenvalue weighted by Gasteiger charge is 2.12. The van der Waals surface area contributed by atoms with Crippen LogP contribution < -0.4 is 10.6 Å². The van der Waals surface area contributed by atoms with Crippen molar-refractivity contribution >= 4 is 28.5 Å². The molecule has 0 aliphatic carbocycles. The van der Waals surface area contributed by atoms with Crippen molar-refractivity contribution in [3.05, 3.63) is 59.7 Å². The number of allylic oxidation sites excluding steroid dienone is 1. The maximum atomic E-state index is 6.32. The van der Waals surface area contributed by atoms with Crippen molar-refractivity contribution in [2.75, 3.05) is 17.7 Å². The van der Waals surface area contributed by atoms with Crippen molar-refractivity contribution < 1.29 is 0 Å². The van der Waals surface area contributed by atoms with Crippen molar-refractivity contribution in [3.8, 4) is 0 Å². The molecule has 0 radical (unpaired) electrons. The number of aliphatic imine (C=N–C) groups is 1. The van der Waals surface area contributed by atoms with Gasteiger partial charge in [-0.25, -0.2) is 0 Å². The fourth-order valence-corrected chi connectivity index (χ4v) is 4.17. The molecule has 3 heteroatoms. The number of hydrogen-bond donors (Lipinski definition) is 1. The summed E-state index contributed by atoms with van der Waals surface area (Å²) in [6.07, 6.45) is 9.75. The lowest BCUT2D eigenvalue weighted by Crippen LogP contribution is -2.11. The van der Waals surface area contributed by atoms with Crippen molar-refractivity contribution in [2.24, 2.45) is 10.9 Å². The van der Waals surface area contributed by atoms with Crippen molar-refractivity contribution in [2.45, 2.75) is 86.0 Å². The molecule has 1 unspecified atom stereocenters. The molecule has 0 amide bonds. The van der Waals surface area contributed by atoms with E-state index < -0.39 is 0 Å². The van der Waals surface area contributed by atoms with E-state index in [4.69, 9.17) is 10.7 Å². The molecule has 3 nitrogen and oxygen atoms in total. The maximum absolute atomic E-state index is 6.32. The molecule has 2 rings (SSSR count). The lowest BCUT2D eigenvalue weighted by molar-refractivity contribution is 0.544. The minimum Gasteiger partial charge on any atom is -0.397 e. The summed E-state index contributed by atoms with van der Waals surface area (Å²) >= 11 is 0. The van der Waals surface area contributed by atoms with Crippen LogP contribution in [0.5, 0.6) is 0 Å². The van der Waals surface area contributed by atoms with Crippen LogP contribution >= 0.6 is 0 Å². The van der Waals surface area contributed by atoms with Gasteiger partial charge in [0.15, 0.2) is 0 Å². The van der Waals surface area contributed by atoms with Gasteiger partial charge < -0.3 is 10.6 Å². The second kappa shape index (κ2) is 13.2. The van der Waals surface area contributed by atoms with E-state index in [-0.39, 0.29) is 0 Å². The normalized spacial score (nSPS) is 12.6. The first-order chi connectivity index (χ1) is 15.8. The topological polar surface area (TPSA) is 41.6 Å².